The summed E-state index contributed by atoms with van der Waals surface area (Å²) in [6, 6.07) is 0. The molecule has 0 aromatic heterocycles. The lowest BCUT2D eigenvalue weighted by molar-refractivity contribution is 0.453. The fraction of sp³-hybridized carbons (Fsp3) is 0. The van der Waals surface area contributed by atoms with Crippen molar-refractivity contribution in [1.82, 2.24) is 5.12 Å². The molecule has 0 amide bonds. The third kappa shape index (κ3) is 1.85. The molecule has 0 spiro atoms. The average Bonchev–Trinajstić information content (AvgIpc) is 1.67. The predicted octanol–water partition coefficient (Wildman–Crippen LogP) is -0.719. The van der Waals surface area contributed by atoms with Gasteiger partial charge < -0.3 is 5.73 Å². The van der Waals surface area contributed by atoms with Crippen molar-refractivity contribution in [3.05, 3.63) is 10.4 Å². The molecule has 8 heavy (non-hydrogen) atoms. The van der Waals surface area contributed by atoms with Crippen LogP contribution in [0.2, 0.25) is 0 Å². The molecule has 0 atom stereocenters. The molecule has 0 aliphatic heterocycles. The summed E-state index contributed by atoms with van der Waals surface area (Å²) in [6.07, 6.45) is 0. The zero-order chi connectivity index (χ0) is 6.57. The molecule has 0 aromatic rings. The van der Waals surface area contributed by atoms with Gasteiger partial charge in [-0.05, 0) is 0 Å². The molecular formula is CH5N7. The lowest BCUT2D eigenvalue weighted by Gasteiger charge is -1.98. The third-order valence-corrected chi connectivity index (χ3v) is 0.383. The lowest BCUT2D eigenvalue weighted by Crippen LogP contribution is -2.36. The van der Waals surface area contributed by atoms with Crippen LogP contribution in [0.3, 0.4) is 0 Å². The van der Waals surface area contributed by atoms with Crippen LogP contribution in [0.4, 0.5) is 0 Å². The fourth-order valence-corrected chi connectivity index (χ4v) is 0.0913. The van der Waals surface area contributed by atoms with E-state index in [-0.39, 0.29) is 0 Å². The molecule has 0 saturated carbocycles. The van der Waals surface area contributed by atoms with E-state index in [2.05, 4.69) is 10.1 Å². The van der Waals surface area contributed by atoms with E-state index in [0.717, 1.165) is 0 Å². The molecule has 0 fully saturated rings. The van der Waals surface area contributed by atoms with Gasteiger partial charge in [0.2, 0.25) is 0 Å². The van der Waals surface area contributed by atoms with E-state index in [1.165, 1.54) is 0 Å². The molecule has 7 heteroatoms. The Bertz CT molecular complexity index is 127. The molecule has 0 radical (unpaired) electrons. The zero-order valence-corrected chi connectivity index (χ0v) is 3.94. The molecular weight excluding hydrogens is 110 g/mol. The van der Waals surface area contributed by atoms with Gasteiger partial charge in [-0.15, -0.1) is 10.6 Å². The van der Waals surface area contributed by atoms with Crippen LogP contribution in [-0.2, 0) is 0 Å². The minimum Gasteiger partial charge on any atom is -0.348 e. The van der Waals surface area contributed by atoms with Gasteiger partial charge in [-0.3, -0.25) is 0 Å². The minimum atomic E-state index is -0.497. The Balaban J connectivity index is 3.82. The maximum absolute atomic E-state index is 7.67. The molecule has 0 rings (SSSR count). The summed E-state index contributed by atoms with van der Waals surface area (Å²) in [5.41, 5.74) is 12.4. The molecule has 0 aliphatic rings. The first-order valence-corrected chi connectivity index (χ1v) is 1.62. The number of azide groups is 1. The van der Waals surface area contributed by atoms with Gasteiger partial charge in [0, 0.05) is 5.22 Å². The van der Waals surface area contributed by atoms with Crippen molar-refractivity contribution in [2.24, 2.45) is 16.8 Å². The van der Waals surface area contributed by atoms with Crippen LogP contribution >= 0.6 is 0 Å². The highest BCUT2D eigenvalue weighted by atomic mass is 15.7. The van der Waals surface area contributed by atoms with Crippen molar-refractivity contribution in [3.63, 3.8) is 0 Å². The normalized spacial score (nSPS) is 7.12. The molecule has 0 bridgehead atoms. The Morgan fingerprint density at radius 1 is 1.88 bits per heavy atom. The number of nitrogens with two attached hydrogens (primary N) is 2. The molecule has 44 valence electrons. The van der Waals surface area contributed by atoms with Gasteiger partial charge >= 0.3 is 5.96 Å². The Morgan fingerprint density at radius 2 is 2.38 bits per heavy atom. The Labute approximate surface area is 44.9 Å². The Kier molecular flexibility index (Phi) is 2.18. The van der Waals surface area contributed by atoms with Crippen molar-refractivity contribution >= 4 is 5.96 Å². The summed E-state index contributed by atoms with van der Waals surface area (Å²) in [6.45, 7) is 0. The second-order valence-corrected chi connectivity index (χ2v) is 0.909. The predicted molar refractivity (Wildman–Crippen MR) is 27.1 cm³/mol. The molecule has 0 saturated heterocycles. The standard InChI is InChI=1S/CH5N7/c2-1(3)8(5)7-6-4/h5H2,(H3,2,3). The first-order valence-electron chi connectivity index (χ1n) is 1.62. The first kappa shape index (κ1) is 6.54. The number of nitrogens with one attached hydrogen (secondary N) is 1. The van der Waals surface area contributed by atoms with Gasteiger partial charge in [0.1, 0.15) is 0 Å². The highest BCUT2D eigenvalue weighted by Gasteiger charge is 1.97. The van der Waals surface area contributed by atoms with Crippen molar-refractivity contribution in [2.75, 3.05) is 0 Å². The number of hydrogen-bond acceptors (Lipinski definition) is 3. The number of rotatable bonds is 1. The van der Waals surface area contributed by atoms with Crippen LogP contribution < -0.4 is 11.6 Å². The highest BCUT2D eigenvalue weighted by Crippen LogP contribution is 1.73. The molecule has 0 unspecified atom stereocenters. The quantitative estimate of drug-likeness (QED) is 0.0793. The van der Waals surface area contributed by atoms with Crippen LogP contribution in [0, 0.1) is 5.41 Å². The maximum atomic E-state index is 7.67. The van der Waals surface area contributed by atoms with Gasteiger partial charge in [0.05, 0.1) is 0 Å². The van der Waals surface area contributed by atoms with E-state index in [1.807, 2.05) is 0 Å². The van der Waals surface area contributed by atoms with Gasteiger partial charge in [-0.25, -0.2) is 5.41 Å². The Morgan fingerprint density at radius 3 is 2.50 bits per heavy atom. The number of guanidine groups is 1. The monoisotopic (exact) mass is 115 g/mol. The van der Waals surface area contributed by atoms with Gasteiger partial charge in [0.25, 0.3) is 0 Å². The van der Waals surface area contributed by atoms with Crippen LogP contribution in [0.1, 0.15) is 0 Å². The van der Waals surface area contributed by atoms with Crippen molar-refractivity contribution < 1.29 is 0 Å². The van der Waals surface area contributed by atoms with Crippen LogP contribution in [0.15, 0.2) is 5.22 Å². The lowest BCUT2D eigenvalue weighted by atomic mass is 11.1. The van der Waals surface area contributed by atoms with Crippen LogP contribution in [-0.4, -0.2) is 11.1 Å². The van der Waals surface area contributed by atoms with Crippen LogP contribution in [0.5, 0.6) is 0 Å². The van der Waals surface area contributed by atoms with Crippen molar-refractivity contribution in [2.45, 2.75) is 0 Å². The van der Waals surface area contributed by atoms with E-state index in [0.29, 0.717) is 5.12 Å². The van der Waals surface area contributed by atoms with E-state index < -0.39 is 5.96 Å². The average molecular weight is 115 g/mol. The SMILES string of the molecule is [N-]=[N+]=NN(N)C(=N)N. The first-order chi connectivity index (χ1) is 3.68. The van der Waals surface area contributed by atoms with E-state index in [1.54, 1.807) is 0 Å². The van der Waals surface area contributed by atoms with E-state index in [4.69, 9.17) is 22.5 Å². The topological polar surface area (TPSA) is 128 Å². The summed E-state index contributed by atoms with van der Waals surface area (Å²) in [5.74, 6) is 4.29. The minimum absolute atomic E-state index is 0.417. The van der Waals surface area contributed by atoms with Gasteiger partial charge in [-0.2, -0.15) is 10.8 Å². The number of nitrogens with zero attached hydrogens (tertiary/aromatic N) is 4. The fourth-order valence-electron chi connectivity index (χ4n) is 0.0913. The summed E-state index contributed by atoms with van der Waals surface area (Å²) < 4.78 is 0. The van der Waals surface area contributed by atoms with E-state index in [9.17, 15) is 0 Å². The molecule has 5 N–H and O–H groups in total. The maximum Gasteiger partial charge on any atom is 0.306 e. The Hall–Kier alpha value is -1.46. The summed E-state index contributed by atoms with van der Waals surface area (Å²) in [4.78, 5) is 2.26. The molecule has 0 aliphatic carbocycles. The van der Waals surface area contributed by atoms with Gasteiger partial charge in [0.15, 0.2) is 0 Å². The highest BCUT2D eigenvalue weighted by molar-refractivity contribution is 5.73. The van der Waals surface area contributed by atoms with Crippen LogP contribution in [0.25, 0.3) is 10.4 Å². The number of hydrazine groups is 1. The summed E-state index contributed by atoms with van der Waals surface area (Å²) in [5, 5.41) is 9.70. The molecule has 7 nitrogen and oxygen atoms in total. The second-order valence-electron chi connectivity index (χ2n) is 0.909. The van der Waals surface area contributed by atoms with E-state index >= 15 is 0 Å². The van der Waals surface area contributed by atoms with Gasteiger partial charge in [-0.1, -0.05) is 0 Å². The second kappa shape index (κ2) is 2.67. The zero-order valence-electron chi connectivity index (χ0n) is 3.94. The van der Waals surface area contributed by atoms with Crippen molar-refractivity contribution in [1.29, 1.82) is 5.41 Å². The largest absolute Gasteiger partial charge is 0.348 e. The smallest absolute Gasteiger partial charge is 0.306 e. The summed E-state index contributed by atoms with van der Waals surface area (Å²) >= 11 is 0. The third-order valence-electron chi connectivity index (χ3n) is 0.383. The number of hydrogen-bond donors (Lipinski definition) is 3. The molecule has 0 heterocycles. The molecule has 0 aromatic carbocycles. The summed E-state index contributed by atoms with van der Waals surface area (Å²) in [7, 11) is 0. The van der Waals surface area contributed by atoms with Crippen molar-refractivity contribution in [3.8, 4) is 0 Å².